The number of methoxy groups -OCH3 is 2. The van der Waals surface area contributed by atoms with Gasteiger partial charge in [0.1, 0.15) is 0 Å². The maximum atomic E-state index is 12.6. The second-order valence-corrected chi connectivity index (χ2v) is 3.83. The molecule has 0 amide bonds. The lowest BCUT2D eigenvalue weighted by molar-refractivity contribution is -0.137. The van der Waals surface area contributed by atoms with Crippen molar-refractivity contribution >= 4 is 11.7 Å². The van der Waals surface area contributed by atoms with Gasteiger partial charge in [-0.15, -0.1) is 0 Å². The molecule has 1 N–H and O–H groups in total. The van der Waals surface area contributed by atoms with Crippen LogP contribution in [-0.4, -0.2) is 26.8 Å². The van der Waals surface area contributed by atoms with E-state index in [1.165, 1.54) is 26.4 Å². The fraction of sp³-hybridized carbons (Fsp3) is 0.308. The third-order valence-electron chi connectivity index (χ3n) is 2.29. The minimum Gasteiger partial charge on any atom is -0.466 e. The molecule has 0 heterocycles. The van der Waals surface area contributed by atoms with E-state index in [2.05, 4.69) is 10.1 Å². The predicted octanol–water partition coefficient (Wildman–Crippen LogP) is 2.82. The molecule has 0 saturated carbocycles. The van der Waals surface area contributed by atoms with Crippen LogP contribution in [-0.2, 0) is 20.4 Å². The molecule has 0 spiro atoms. The molecular formula is C13H14F3NO3. The van der Waals surface area contributed by atoms with Crippen LogP contribution in [0.15, 0.2) is 36.0 Å². The van der Waals surface area contributed by atoms with Crippen molar-refractivity contribution in [2.75, 3.05) is 26.1 Å². The molecule has 0 aromatic heterocycles. The van der Waals surface area contributed by atoms with E-state index in [1.54, 1.807) is 0 Å². The van der Waals surface area contributed by atoms with Crippen LogP contribution >= 0.6 is 0 Å². The summed E-state index contributed by atoms with van der Waals surface area (Å²) in [7, 11) is 2.60. The number of anilines is 1. The largest absolute Gasteiger partial charge is 0.466 e. The lowest BCUT2D eigenvalue weighted by Crippen LogP contribution is -2.11. The molecule has 0 fully saturated rings. The first kappa shape index (κ1) is 16.0. The van der Waals surface area contributed by atoms with Gasteiger partial charge in [0.05, 0.1) is 19.3 Å². The van der Waals surface area contributed by atoms with Crippen LogP contribution in [0.2, 0.25) is 0 Å². The molecular weight excluding hydrogens is 275 g/mol. The van der Waals surface area contributed by atoms with Gasteiger partial charge >= 0.3 is 12.1 Å². The molecule has 1 aromatic rings. The Morgan fingerprint density at radius 2 is 2.05 bits per heavy atom. The zero-order valence-corrected chi connectivity index (χ0v) is 11.0. The summed E-state index contributed by atoms with van der Waals surface area (Å²) >= 11 is 0. The minimum absolute atomic E-state index is 0.0331. The highest BCUT2D eigenvalue weighted by Gasteiger charge is 2.30. The van der Waals surface area contributed by atoms with E-state index < -0.39 is 17.7 Å². The standard InChI is InChI=1S/C13H14F3NO3/c1-19-8-11(7-12(18)20-2)17-10-5-3-4-9(6-10)13(14,15)16/h3-7,17H,8H2,1-2H3/b11-7+. The Labute approximate surface area is 114 Å². The van der Waals surface area contributed by atoms with Crippen molar-refractivity contribution in [3.05, 3.63) is 41.6 Å². The van der Waals surface area contributed by atoms with Gasteiger partial charge in [0.15, 0.2) is 0 Å². The summed E-state index contributed by atoms with van der Waals surface area (Å²) in [6, 6.07) is 4.63. The number of alkyl halides is 3. The molecule has 110 valence electrons. The first-order valence-corrected chi connectivity index (χ1v) is 5.58. The Hall–Kier alpha value is -2.02. The fourth-order valence-electron chi connectivity index (χ4n) is 1.43. The predicted molar refractivity (Wildman–Crippen MR) is 67.0 cm³/mol. The molecule has 4 nitrogen and oxygen atoms in total. The maximum absolute atomic E-state index is 12.6. The third-order valence-corrected chi connectivity index (χ3v) is 2.29. The number of ether oxygens (including phenoxy) is 2. The van der Waals surface area contributed by atoms with E-state index in [-0.39, 0.29) is 12.3 Å². The van der Waals surface area contributed by atoms with Crippen LogP contribution in [0.4, 0.5) is 18.9 Å². The van der Waals surface area contributed by atoms with Gasteiger partial charge in [-0.25, -0.2) is 4.79 Å². The summed E-state index contributed by atoms with van der Waals surface area (Å²) in [4.78, 5) is 11.1. The quantitative estimate of drug-likeness (QED) is 0.669. The van der Waals surface area contributed by atoms with Crippen molar-refractivity contribution in [2.24, 2.45) is 0 Å². The van der Waals surface area contributed by atoms with Gasteiger partial charge in [-0.05, 0) is 18.2 Å². The van der Waals surface area contributed by atoms with Gasteiger partial charge in [0.2, 0.25) is 0 Å². The van der Waals surface area contributed by atoms with E-state index >= 15 is 0 Å². The zero-order valence-electron chi connectivity index (χ0n) is 11.0. The number of benzene rings is 1. The molecule has 1 aromatic carbocycles. The number of halogens is 3. The third kappa shape index (κ3) is 4.93. The maximum Gasteiger partial charge on any atom is 0.416 e. The van der Waals surface area contributed by atoms with Crippen molar-refractivity contribution in [1.82, 2.24) is 0 Å². The Balaban J connectivity index is 2.94. The van der Waals surface area contributed by atoms with Crippen LogP contribution in [0.5, 0.6) is 0 Å². The van der Waals surface area contributed by atoms with Gasteiger partial charge in [-0.1, -0.05) is 6.07 Å². The molecule has 0 aliphatic heterocycles. The van der Waals surface area contributed by atoms with Crippen LogP contribution < -0.4 is 5.32 Å². The van der Waals surface area contributed by atoms with Crippen molar-refractivity contribution in [2.45, 2.75) is 6.18 Å². The minimum atomic E-state index is -4.43. The van der Waals surface area contributed by atoms with Crippen molar-refractivity contribution in [3.63, 3.8) is 0 Å². The van der Waals surface area contributed by atoms with Gasteiger partial charge in [-0.3, -0.25) is 0 Å². The lowest BCUT2D eigenvalue weighted by Gasteiger charge is -2.12. The number of esters is 1. The second kappa shape index (κ2) is 6.95. The Morgan fingerprint density at radius 3 is 2.60 bits per heavy atom. The lowest BCUT2D eigenvalue weighted by atomic mass is 10.2. The fourth-order valence-corrected chi connectivity index (χ4v) is 1.43. The molecule has 0 radical (unpaired) electrons. The van der Waals surface area contributed by atoms with E-state index in [0.29, 0.717) is 5.70 Å². The first-order chi connectivity index (χ1) is 9.36. The Bertz CT molecular complexity index is 498. The van der Waals surface area contributed by atoms with Gasteiger partial charge in [0.25, 0.3) is 0 Å². The van der Waals surface area contributed by atoms with E-state index in [4.69, 9.17) is 4.74 Å². The number of carbonyl (C=O) groups excluding carboxylic acids is 1. The highest BCUT2D eigenvalue weighted by Crippen LogP contribution is 2.30. The molecule has 1 rings (SSSR count). The smallest absolute Gasteiger partial charge is 0.416 e. The normalized spacial score (nSPS) is 12.2. The highest BCUT2D eigenvalue weighted by molar-refractivity contribution is 5.83. The highest BCUT2D eigenvalue weighted by atomic mass is 19.4. The molecule has 0 unspecified atom stereocenters. The monoisotopic (exact) mass is 289 g/mol. The zero-order chi connectivity index (χ0) is 15.2. The van der Waals surface area contributed by atoms with Crippen molar-refractivity contribution in [1.29, 1.82) is 0 Å². The topological polar surface area (TPSA) is 47.6 Å². The summed E-state index contributed by atoms with van der Waals surface area (Å²) in [6.07, 6.45) is -3.31. The Morgan fingerprint density at radius 1 is 1.35 bits per heavy atom. The van der Waals surface area contributed by atoms with Gasteiger partial charge in [0, 0.05) is 24.6 Å². The van der Waals surface area contributed by atoms with Crippen molar-refractivity contribution < 1.29 is 27.4 Å². The summed E-state index contributed by atoms with van der Waals surface area (Å²) < 4.78 is 47.0. The van der Waals surface area contributed by atoms with Crippen LogP contribution in [0.1, 0.15) is 5.56 Å². The van der Waals surface area contributed by atoms with Gasteiger partial charge < -0.3 is 14.8 Å². The van der Waals surface area contributed by atoms with E-state index in [0.717, 1.165) is 18.2 Å². The van der Waals surface area contributed by atoms with Crippen molar-refractivity contribution in [3.8, 4) is 0 Å². The average molecular weight is 289 g/mol. The first-order valence-electron chi connectivity index (χ1n) is 5.58. The number of carbonyl (C=O) groups is 1. The van der Waals surface area contributed by atoms with E-state index in [1.807, 2.05) is 0 Å². The SMILES string of the molecule is COC/C(=C\C(=O)OC)Nc1cccc(C(F)(F)F)c1. The summed E-state index contributed by atoms with van der Waals surface area (Å²) in [5.74, 6) is -0.628. The molecule has 0 atom stereocenters. The number of hydrogen-bond acceptors (Lipinski definition) is 4. The van der Waals surface area contributed by atoms with Crippen LogP contribution in [0, 0.1) is 0 Å². The average Bonchev–Trinajstić information content (AvgIpc) is 2.38. The molecule has 0 bridgehead atoms. The van der Waals surface area contributed by atoms with E-state index in [9.17, 15) is 18.0 Å². The summed E-state index contributed by atoms with van der Waals surface area (Å²) in [5.41, 5.74) is -0.289. The molecule has 7 heteroatoms. The second-order valence-electron chi connectivity index (χ2n) is 3.83. The Kier molecular flexibility index (Phi) is 5.57. The summed E-state index contributed by atoms with van der Waals surface area (Å²) in [5, 5.41) is 2.69. The van der Waals surface area contributed by atoms with Crippen LogP contribution in [0.3, 0.4) is 0 Å². The number of nitrogens with one attached hydrogen (secondary N) is 1. The number of hydrogen-bond donors (Lipinski definition) is 1. The summed E-state index contributed by atoms with van der Waals surface area (Å²) in [6.45, 7) is 0.0331. The molecule has 0 saturated heterocycles. The van der Waals surface area contributed by atoms with Gasteiger partial charge in [-0.2, -0.15) is 13.2 Å². The molecule has 0 aliphatic carbocycles. The molecule has 0 aliphatic rings. The van der Waals surface area contributed by atoms with Crippen LogP contribution in [0.25, 0.3) is 0 Å². The number of rotatable bonds is 5. The molecule has 20 heavy (non-hydrogen) atoms.